The van der Waals surface area contributed by atoms with Crippen molar-refractivity contribution in [2.75, 3.05) is 23.7 Å². The third-order valence-electron chi connectivity index (χ3n) is 3.71. The Morgan fingerprint density at radius 1 is 1.44 bits per heavy atom. The van der Waals surface area contributed by atoms with Gasteiger partial charge in [0.15, 0.2) is 0 Å². The summed E-state index contributed by atoms with van der Waals surface area (Å²) < 4.78 is 0. The van der Waals surface area contributed by atoms with Crippen molar-refractivity contribution in [3.05, 3.63) is 11.4 Å². The molecule has 0 spiro atoms. The van der Waals surface area contributed by atoms with E-state index < -0.39 is 0 Å². The van der Waals surface area contributed by atoms with E-state index in [9.17, 15) is 0 Å². The molecular weight excluding hydrogens is 244 g/mol. The van der Waals surface area contributed by atoms with Crippen LogP contribution in [-0.2, 0) is 0 Å². The maximum Gasteiger partial charge on any atom is 0.223 e. The number of fused-ring (bicyclic) bond motifs is 1. The number of nitrogens with two attached hydrogens (primary N) is 1. The fourth-order valence-electron chi connectivity index (χ4n) is 2.45. The van der Waals surface area contributed by atoms with Crippen molar-refractivity contribution in [3.8, 4) is 0 Å². The Balaban J connectivity index is 1.96. The minimum atomic E-state index is 0.381. The number of hydrogen-bond donors (Lipinski definition) is 1. The summed E-state index contributed by atoms with van der Waals surface area (Å²) in [4.78, 5) is 12.1. The van der Waals surface area contributed by atoms with Crippen LogP contribution in [0.2, 0.25) is 0 Å². The minimum absolute atomic E-state index is 0.381. The Morgan fingerprint density at radius 3 is 2.94 bits per heavy atom. The van der Waals surface area contributed by atoms with Crippen LogP contribution in [0, 0.1) is 5.92 Å². The zero-order valence-corrected chi connectivity index (χ0v) is 11.4. The Hall–Kier alpha value is -1.36. The smallest absolute Gasteiger partial charge is 0.223 e. The van der Waals surface area contributed by atoms with Crippen molar-refractivity contribution >= 4 is 33.3 Å². The van der Waals surface area contributed by atoms with Gasteiger partial charge in [0.25, 0.3) is 0 Å². The highest BCUT2D eigenvalue weighted by Crippen LogP contribution is 2.32. The molecule has 0 atom stereocenters. The van der Waals surface area contributed by atoms with E-state index in [4.69, 9.17) is 5.73 Å². The molecule has 0 saturated heterocycles. The molecule has 1 aliphatic rings. The molecule has 0 amide bonds. The predicted molar refractivity (Wildman–Crippen MR) is 77.1 cm³/mol. The van der Waals surface area contributed by atoms with Crippen LogP contribution in [0.4, 0.5) is 11.8 Å². The monoisotopic (exact) mass is 262 g/mol. The summed E-state index contributed by atoms with van der Waals surface area (Å²) in [6.07, 6.45) is 4.08. The van der Waals surface area contributed by atoms with Gasteiger partial charge in [-0.1, -0.05) is 6.42 Å². The largest absolute Gasteiger partial charge is 0.368 e. The second-order valence-electron chi connectivity index (χ2n) is 4.88. The number of rotatable bonds is 4. The first-order chi connectivity index (χ1) is 8.78. The van der Waals surface area contributed by atoms with Crippen LogP contribution < -0.4 is 10.6 Å². The maximum absolute atomic E-state index is 5.81. The topological polar surface area (TPSA) is 55.0 Å². The highest BCUT2D eigenvalue weighted by molar-refractivity contribution is 7.16. The van der Waals surface area contributed by atoms with Crippen molar-refractivity contribution in [2.45, 2.75) is 26.2 Å². The van der Waals surface area contributed by atoms with Crippen molar-refractivity contribution in [1.29, 1.82) is 0 Å². The van der Waals surface area contributed by atoms with Crippen molar-refractivity contribution < 1.29 is 0 Å². The van der Waals surface area contributed by atoms with Gasteiger partial charge in [-0.2, -0.15) is 4.98 Å². The van der Waals surface area contributed by atoms with Crippen LogP contribution in [0.1, 0.15) is 26.2 Å². The highest BCUT2D eigenvalue weighted by Gasteiger charge is 2.22. The molecule has 5 heteroatoms. The van der Waals surface area contributed by atoms with E-state index in [1.807, 2.05) is 0 Å². The third kappa shape index (κ3) is 2.03. The van der Waals surface area contributed by atoms with Gasteiger partial charge in [0, 0.05) is 13.1 Å². The molecule has 4 nitrogen and oxygen atoms in total. The van der Waals surface area contributed by atoms with E-state index >= 15 is 0 Å². The van der Waals surface area contributed by atoms with Gasteiger partial charge in [-0.15, -0.1) is 11.3 Å². The first-order valence-electron chi connectivity index (χ1n) is 6.53. The summed E-state index contributed by atoms with van der Waals surface area (Å²) in [5, 5.41) is 3.19. The Kier molecular flexibility index (Phi) is 3.07. The van der Waals surface area contributed by atoms with Crippen LogP contribution >= 0.6 is 11.3 Å². The Bertz CT molecular complexity index is 547. The molecule has 0 aliphatic heterocycles. The normalized spacial score (nSPS) is 15.8. The average molecular weight is 262 g/mol. The molecule has 0 unspecified atom stereocenters. The molecule has 2 heterocycles. The molecule has 1 saturated carbocycles. The van der Waals surface area contributed by atoms with Gasteiger partial charge >= 0.3 is 0 Å². The number of nitrogens with zero attached hydrogens (tertiary/aromatic N) is 3. The first kappa shape index (κ1) is 11.7. The molecule has 1 aliphatic carbocycles. The van der Waals surface area contributed by atoms with E-state index in [-0.39, 0.29) is 0 Å². The lowest BCUT2D eigenvalue weighted by Gasteiger charge is -2.32. The van der Waals surface area contributed by atoms with Gasteiger partial charge in [0.1, 0.15) is 10.6 Å². The van der Waals surface area contributed by atoms with E-state index in [1.165, 1.54) is 19.3 Å². The Morgan fingerprint density at radius 2 is 2.28 bits per heavy atom. The zero-order chi connectivity index (χ0) is 12.5. The molecular formula is C13H18N4S. The van der Waals surface area contributed by atoms with Crippen molar-refractivity contribution in [2.24, 2.45) is 5.92 Å². The fraction of sp³-hybridized carbons (Fsp3) is 0.538. The summed E-state index contributed by atoms with van der Waals surface area (Å²) in [7, 11) is 0. The molecule has 3 rings (SSSR count). The quantitative estimate of drug-likeness (QED) is 0.920. The lowest BCUT2D eigenvalue weighted by atomic mass is 9.85. The van der Waals surface area contributed by atoms with Gasteiger partial charge in [-0.25, -0.2) is 4.98 Å². The van der Waals surface area contributed by atoms with Crippen LogP contribution in [0.5, 0.6) is 0 Å². The second kappa shape index (κ2) is 4.72. The molecule has 2 aromatic heterocycles. The molecule has 0 bridgehead atoms. The molecule has 0 aromatic carbocycles. The van der Waals surface area contributed by atoms with E-state index in [0.29, 0.717) is 5.95 Å². The van der Waals surface area contributed by atoms with E-state index in [1.54, 1.807) is 11.3 Å². The lowest BCUT2D eigenvalue weighted by molar-refractivity contribution is 0.318. The Labute approximate surface area is 111 Å². The van der Waals surface area contributed by atoms with Crippen LogP contribution in [0.25, 0.3) is 10.2 Å². The second-order valence-corrected chi connectivity index (χ2v) is 5.77. The molecule has 2 aromatic rings. The van der Waals surface area contributed by atoms with E-state index in [2.05, 4.69) is 33.2 Å². The fourth-order valence-corrected chi connectivity index (χ4v) is 3.21. The minimum Gasteiger partial charge on any atom is -0.368 e. The SMILES string of the molecule is CCN(CC1CCC1)c1nc(N)nc2sccc12. The molecule has 1 fully saturated rings. The maximum atomic E-state index is 5.81. The van der Waals surface area contributed by atoms with Gasteiger partial charge in [-0.3, -0.25) is 0 Å². The summed E-state index contributed by atoms with van der Waals surface area (Å²) >= 11 is 1.62. The summed E-state index contributed by atoms with van der Waals surface area (Å²) in [6.45, 7) is 4.24. The van der Waals surface area contributed by atoms with Gasteiger partial charge in [0.05, 0.1) is 5.39 Å². The first-order valence-corrected chi connectivity index (χ1v) is 7.41. The summed E-state index contributed by atoms with van der Waals surface area (Å²) in [6, 6.07) is 2.10. The summed E-state index contributed by atoms with van der Waals surface area (Å²) in [5.41, 5.74) is 5.81. The number of hydrogen-bond acceptors (Lipinski definition) is 5. The van der Waals surface area contributed by atoms with E-state index in [0.717, 1.165) is 35.0 Å². The number of nitrogen functional groups attached to an aromatic ring is 1. The van der Waals surface area contributed by atoms with Crippen LogP contribution in [0.15, 0.2) is 11.4 Å². The number of thiophene rings is 1. The molecule has 18 heavy (non-hydrogen) atoms. The lowest BCUT2D eigenvalue weighted by Crippen LogP contribution is -2.33. The van der Waals surface area contributed by atoms with Gasteiger partial charge < -0.3 is 10.6 Å². The average Bonchev–Trinajstić information content (AvgIpc) is 2.75. The molecule has 2 N–H and O–H groups in total. The van der Waals surface area contributed by atoms with Crippen LogP contribution in [0.3, 0.4) is 0 Å². The van der Waals surface area contributed by atoms with Crippen molar-refractivity contribution in [3.63, 3.8) is 0 Å². The van der Waals surface area contributed by atoms with Crippen LogP contribution in [-0.4, -0.2) is 23.1 Å². The zero-order valence-electron chi connectivity index (χ0n) is 10.6. The third-order valence-corrected chi connectivity index (χ3v) is 4.51. The molecule has 0 radical (unpaired) electrons. The summed E-state index contributed by atoms with van der Waals surface area (Å²) in [5.74, 6) is 2.22. The highest BCUT2D eigenvalue weighted by atomic mass is 32.1. The van der Waals surface area contributed by atoms with Crippen molar-refractivity contribution in [1.82, 2.24) is 9.97 Å². The van der Waals surface area contributed by atoms with Gasteiger partial charge in [-0.05, 0) is 37.1 Å². The van der Waals surface area contributed by atoms with Gasteiger partial charge in [0.2, 0.25) is 5.95 Å². The predicted octanol–water partition coefficient (Wildman–Crippen LogP) is 2.90. The number of anilines is 2. The molecule has 96 valence electrons. The standard InChI is InChI=1S/C13H18N4S/c1-2-17(8-9-4-3-5-9)11-10-6-7-18-12(10)16-13(14)15-11/h6-7,9H,2-5,8H2,1H3,(H2,14,15,16). The number of aromatic nitrogens is 2.